The number of hydrogen-bond acceptors (Lipinski definition) is 2. The highest BCUT2D eigenvalue weighted by molar-refractivity contribution is 5.85. The minimum Gasteiger partial charge on any atom is -0.342 e. The second-order valence-electron chi connectivity index (χ2n) is 7.35. The molecular formula is C19H27ClN2O. The third-order valence-electron chi connectivity index (χ3n) is 6.20. The molecule has 0 bridgehead atoms. The average molecular weight is 335 g/mol. The van der Waals surface area contributed by atoms with Crippen molar-refractivity contribution in [3.05, 3.63) is 35.4 Å². The Hall–Kier alpha value is -1.06. The fourth-order valence-electron chi connectivity index (χ4n) is 4.78. The van der Waals surface area contributed by atoms with Gasteiger partial charge in [-0.1, -0.05) is 24.3 Å². The van der Waals surface area contributed by atoms with Gasteiger partial charge in [-0.05, 0) is 62.7 Å². The van der Waals surface area contributed by atoms with Crippen LogP contribution in [0.1, 0.15) is 43.2 Å². The highest BCUT2D eigenvalue weighted by atomic mass is 35.5. The van der Waals surface area contributed by atoms with E-state index in [1.165, 1.54) is 30.4 Å². The molecule has 1 aromatic carbocycles. The summed E-state index contributed by atoms with van der Waals surface area (Å²) in [5.41, 5.74) is 3.12. The van der Waals surface area contributed by atoms with Crippen LogP contribution in [-0.4, -0.2) is 37.0 Å². The van der Waals surface area contributed by atoms with Gasteiger partial charge < -0.3 is 10.2 Å². The Labute approximate surface area is 145 Å². The van der Waals surface area contributed by atoms with Gasteiger partial charge in [-0.2, -0.15) is 0 Å². The lowest BCUT2D eigenvalue weighted by atomic mass is 9.78. The monoisotopic (exact) mass is 334 g/mol. The number of nitrogens with one attached hydrogen (secondary N) is 1. The first-order valence-corrected chi connectivity index (χ1v) is 8.78. The van der Waals surface area contributed by atoms with Crippen LogP contribution in [0.15, 0.2) is 24.3 Å². The second-order valence-corrected chi connectivity index (χ2v) is 7.35. The molecule has 1 saturated carbocycles. The summed E-state index contributed by atoms with van der Waals surface area (Å²) in [5, 5.41) is 3.39. The summed E-state index contributed by atoms with van der Waals surface area (Å²) in [6.45, 7) is 2.09. The minimum absolute atomic E-state index is 0. The molecule has 1 amide bonds. The molecule has 1 aliphatic heterocycles. The number of benzene rings is 1. The lowest BCUT2D eigenvalue weighted by molar-refractivity contribution is -0.134. The number of carbonyl (C=O) groups is 1. The number of carbonyl (C=O) groups excluding carboxylic acids is 1. The number of fused-ring (bicyclic) bond motifs is 2. The van der Waals surface area contributed by atoms with Crippen LogP contribution in [0.3, 0.4) is 0 Å². The molecule has 4 rings (SSSR count). The SMILES string of the molecule is CN(C(=O)C1CC12CCCc1ccccc12)C1CCNCC1.Cl. The first kappa shape index (κ1) is 16.8. The third-order valence-corrected chi connectivity index (χ3v) is 6.20. The van der Waals surface area contributed by atoms with Gasteiger partial charge in [0.1, 0.15) is 0 Å². The van der Waals surface area contributed by atoms with Crippen molar-refractivity contribution >= 4 is 18.3 Å². The molecule has 1 N–H and O–H groups in total. The van der Waals surface area contributed by atoms with Crippen LogP contribution in [0.25, 0.3) is 0 Å². The normalized spacial score (nSPS) is 29.5. The van der Waals surface area contributed by atoms with E-state index in [1.807, 2.05) is 7.05 Å². The van der Waals surface area contributed by atoms with Crippen LogP contribution in [0, 0.1) is 5.92 Å². The van der Waals surface area contributed by atoms with E-state index in [-0.39, 0.29) is 23.7 Å². The van der Waals surface area contributed by atoms with E-state index in [1.54, 1.807) is 0 Å². The van der Waals surface area contributed by atoms with Gasteiger partial charge in [0, 0.05) is 24.4 Å². The first-order chi connectivity index (χ1) is 10.7. The summed E-state index contributed by atoms with van der Waals surface area (Å²) < 4.78 is 0. The number of hydrogen-bond donors (Lipinski definition) is 1. The molecule has 2 aliphatic carbocycles. The molecule has 0 aromatic heterocycles. The van der Waals surface area contributed by atoms with Crippen molar-refractivity contribution in [2.24, 2.45) is 5.92 Å². The van der Waals surface area contributed by atoms with Gasteiger partial charge in [0.15, 0.2) is 0 Å². The molecule has 1 saturated heterocycles. The maximum absolute atomic E-state index is 13.0. The summed E-state index contributed by atoms with van der Waals surface area (Å²) >= 11 is 0. The third kappa shape index (κ3) is 2.78. The smallest absolute Gasteiger partial charge is 0.226 e. The molecule has 2 atom stereocenters. The number of nitrogens with zero attached hydrogens (tertiary/aromatic N) is 1. The van der Waals surface area contributed by atoms with E-state index in [0.717, 1.165) is 32.4 Å². The number of amides is 1. The van der Waals surface area contributed by atoms with Crippen molar-refractivity contribution < 1.29 is 4.79 Å². The summed E-state index contributed by atoms with van der Waals surface area (Å²) in [7, 11) is 2.03. The van der Waals surface area contributed by atoms with E-state index in [2.05, 4.69) is 34.5 Å². The van der Waals surface area contributed by atoms with Gasteiger partial charge in [0.2, 0.25) is 5.91 Å². The maximum atomic E-state index is 13.0. The molecule has 1 heterocycles. The average Bonchev–Trinajstić information content (AvgIpc) is 3.29. The van der Waals surface area contributed by atoms with Crippen LogP contribution < -0.4 is 5.32 Å². The number of rotatable bonds is 2. The largest absolute Gasteiger partial charge is 0.342 e. The van der Waals surface area contributed by atoms with Crippen molar-refractivity contribution in [1.29, 1.82) is 0 Å². The van der Waals surface area contributed by atoms with Crippen LogP contribution in [0.4, 0.5) is 0 Å². The lowest BCUT2D eigenvalue weighted by Crippen LogP contribution is -2.45. The molecular weight excluding hydrogens is 308 g/mol. The molecule has 2 unspecified atom stereocenters. The number of aryl methyl sites for hydroxylation is 1. The summed E-state index contributed by atoms with van der Waals surface area (Å²) in [6, 6.07) is 9.24. The van der Waals surface area contributed by atoms with E-state index in [4.69, 9.17) is 0 Å². The molecule has 3 nitrogen and oxygen atoms in total. The topological polar surface area (TPSA) is 32.3 Å². The predicted molar refractivity (Wildman–Crippen MR) is 95.1 cm³/mol. The van der Waals surface area contributed by atoms with Gasteiger partial charge in [-0.15, -0.1) is 12.4 Å². The van der Waals surface area contributed by atoms with E-state index in [9.17, 15) is 4.79 Å². The van der Waals surface area contributed by atoms with Crippen LogP contribution >= 0.6 is 12.4 Å². The van der Waals surface area contributed by atoms with Crippen LogP contribution in [0.2, 0.25) is 0 Å². The first-order valence-electron chi connectivity index (χ1n) is 8.78. The summed E-state index contributed by atoms with van der Waals surface area (Å²) in [4.78, 5) is 15.1. The molecule has 3 aliphatic rings. The van der Waals surface area contributed by atoms with Crippen LogP contribution in [0.5, 0.6) is 0 Å². The van der Waals surface area contributed by atoms with Gasteiger partial charge in [-0.3, -0.25) is 4.79 Å². The van der Waals surface area contributed by atoms with Crippen molar-refractivity contribution in [2.75, 3.05) is 20.1 Å². The zero-order valence-corrected chi connectivity index (χ0v) is 14.7. The Bertz CT molecular complexity index is 584. The zero-order valence-electron chi connectivity index (χ0n) is 13.9. The van der Waals surface area contributed by atoms with Gasteiger partial charge >= 0.3 is 0 Å². The highest BCUT2D eigenvalue weighted by Gasteiger charge is 2.60. The Morgan fingerprint density at radius 3 is 2.78 bits per heavy atom. The number of piperidine rings is 1. The van der Waals surface area contributed by atoms with Crippen LogP contribution in [-0.2, 0) is 16.6 Å². The summed E-state index contributed by atoms with van der Waals surface area (Å²) in [6.07, 6.45) is 6.87. The molecule has 0 radical (unpaired) electrons. The standard InChI is InChI=1S/C19H26N2O.ClH/c1-21(15-8-11-20-12-9-15)18(22)17-13-19(17)10-4-6-14-5-2-3-7-16(14)19;/h2-3,5,7,15,17,20H,4,6,8-13H2,1H3;1H. The molecule has 23 heavy (non-hydrogen) atoms. The molecule has 126 valence electrons. The molecule has 1 aromatic rings. The van der Waals surface area contributed by atoms with E-state index < -0.39 is 0 Å². The second kappa shape index (κ2) is 6.45. The van der Waals surface area contributed by atoms with Gasteiger partial charge in [0.05, 0.1) is 0 Å². The Morgan fingerprint density at radius 2 is 2.00 bits per heavy atom. The van der Waals surface area contributed by atoms with Crippen molar-refractivity contribution in [3.63, 3.8) is 0 Å². The minimum atomic E-state index is 0. The van der Waals surface area contributed by atoms with Gasteiger partial charge in [-0.25, -0.2) is 0 Å². The Kier molecular flexibility index (Phi) is 4.70. The maximum Gasteiger partial charge on any atom is 0.226 e. The quantitative estimate of drug-likeness (QED) is 0.902. The molecule has 1 spiro atoms. The number of halogens is 1. The Morgan fingerprint density at radius 1 is 1.26 bits per heavy atom. The van der Waals surface area contributed by atoms with Crippen molar-refractivity contribution in [3.8, 4) is 0 Å². The van der Waals surface area contributed by atoms with E-state index >= 15 is 0 Å². The van der Waals surface area contributed by atoms with Gasteiger partial charge in [0.25, 0.3) is 0 Å². The predicted octanol–water partition coefficient (Wildman–Crippen LogP) is 2.91. The highest BCUT2D eigenvalue weighted by Crippen LogP contribution is 2.60. The van der Waals surface area contributed by atoms with Crippen molar-refractivity contribution in [2.45, 2.75) is 50.0 Å². The van der Waals surface area contributed by atoms with E-state index in [0.29, 0.717) is 11.9 Å². The summed E-state index contributed by atoms with van der Waals surface area (Å²) in [5.74, 6) is 0.623. The zero-order chi connectivity index (χ0) is 15.2. The fraction of sp³-hybridized carbons (Fsp3) is 0.632. The Balaban J connectivity index is 0.00000156. The lowest BCUT2D eigenvalue weighted by Gasteiger charge is -2.33. The van der Waals surface area contributed by atoms with Crippen molar-refractivity contribution in [1.82, 2.24) is 10.2 Å². The molecule has 4 heteroatoms. The molecule has 2 fully saturated rings. The fourth-order valence-corrected chi connectivity index (χ4v) is 4.78.